The highest BCUT2D eigenvalue weighted by atomic mass is 35.5. The molecule has 50 valence electrons. The minimum absolute atomic E-state index is 0.434. The van der Waals surface area contributed by atoms with Crippen molar-refractivity contribution in [3.63, 3.8) is 0 Å². The maximum absolute atomic E-state index is 5.65. The second kappa shape index (κ2) is 2.37. The summed E-state index contributed by atoms with van der Waals surface area (Å²) in [6.07, 6.45) is 1.59. The molecule has 1 rings (SSSR count). The summed E-state index contributed by atoms with van der Waals surface area (Å²) in [7, 11) is 1.83. The Labute approximate surface area is 58.4 Å². The van der Waals surface area contributed by atoms with Crippen LogP contribution in [0.4, 0.5) is 0 Å². The average molecular weight is 146 g/mol. The Balaban J connectivity index is 3.04. The molecule has 1 aromatic rings. The van der Waals surface area contributed by atoms with Crippen LogP contribution in [-0.2, 0) is 13.6 Å². The van der Waals surface area contributed by atoms with Crippen LogP contribution in [0, 0.1) is 0 Å². The first-order valence-corrected chi connectivity index (χ1v) is 2.99. The maximum atomic E-state index is 5.65. The van der Waals surface area contributed by atoms with Crippen LogP contribution in [0.15, 0.2) is 6.20 Å². The van der Waals surface area contributed by atoms with Gasteiger partial charge in [0.05, 0.1) is 12.7 Å². The Hall–Kier alpha value is -0.540. The molecule has 0 bridgehead atoms. The molecule has 0 aliphatic heterocycles. The van der Waals surface area contributed by atoms with Gasteiger partial charge in [-0.2, -0.15) is 0 Å². The molecule has 0 unspecified atom stereocenters. The Bertz CT molecular complexity index is 206. The molecule has 0 saturated carbocycles. The molecular weight excluding hydrogens is 138 g/mol. The second-order valence-corrected chi connectivity index (χ2v) is 2.15. The topological polar surface area (TPSA) is 43.8 Å². The summed E-state index contributed by atoms with van der Waals surface area (Å²) in [5, 5.41) is 0.621. The molecule has 0 atom stereocenters. The average Bonchev–Trinajstić information content (AvgIpc) is 2.15. The van der Waals surface area contributed by atoms with Crippen molar-refractivity contribution in [3.05, 3.63) is 17.2 Å². The summed E-state index contributed by atoms with van der Waals surface area (Å²) in [6.45, 7) is 0.434. The van der Waals surface area contributed by atoms with Crippen molar-refractivity contribution in [1.29, 1.82) is 0 Å². The van der Waals surface area contributed by atoms with Gasteiger partial charge in [0, 0.05) is 7.05 Å². The molecule has 0 fully saturated rings. The van der Waals surface area contributed by atoms with E-state index in [9.17, 15) is 0 Å². The SMILES string of the molecule is Cn1c(Cl)cnc1CN. The van der Waals surface area contributed by atoms with E-state index in [0.29, 0.717) is 11.7 Å². The van der Waals surface area contributed by atoms with Gasteiger partial charge in [0.1, 0.15) is 11.0 Å². The lowest BCUT2D eigenvalue weighted by molar-refractivity contribution is 0.794. The van der Waals surface area contributed by atoms with E-state index in [1.807, 2.05) is 7.05 Å². The van der Waals surface area contributed by atoms with Crippen LogP contribution in [0.3, 0.4) is 0 Å². The van der Waals surface area contributed by atoms with E-state index in [-0.39, 0.29) is 0 Å². The summed E-state index contributed by atoms with van der Waals surface area (Å²) in [4.78, 5) is 3.94. The van der Waals surface area contributed by atoms with Crippen LogP contribution in [0.25, 0.3) is 0 Å². The van der Waals surface area contributed by atoms with Crippen molar-refractivity contribution in [3.8, 4) is 0 Å². The third-order valence-corrected chi connectivity index (χ3v) is 1.56. The monoisotopic (exact) mass is 145 g/mol. The van der Waals surface area contributed by atoms with Crippen LogP contribution in [-0.4, -0.2) is 9.55 Å². The predicted octanol–water partition coefficient (Wildman–Crippen LogP) is 0.532. The van der Waals surface area contributed by atoms with Gasteiger partial charge in [-0.3, -0.25) is 0 Å². The van der Waals surface area contributed by atoms with Gasteiger partial charge in [-0.1, -0.05) is 11.6 Å². The van der Waals surface area contributed by atoms with Gasteiger partial charge in [-0.15, -0.1) is 0 Å². The number of nitrogens with zero attached hydrogens (tertiary/aromatic N) is 2. The Morgan fingerprint density at radius 1 is 1.89 bits per heavy atom. The number of rotatable bonds is 1. The van der Waals surface area contributed by atoms with Gasteiger partial charge in [-0.05, 0) is 0 Å². The minimum atomic E-state index is 0.434. The van der Waals surface area contributed by atoms with Gasteiger partial charge in [0.15, 0.2) is 0 Å². The first-order chi connectivity index (χ1) is 4.25. The number of halogens is 1. The summed E-state index contributed by atoms with van der Waals surface area (Å²) in [5.41, 5.74) is 5.32. The van der Waals surface area contributed by atoms with Crippen molar-refractivity contribution in [2.75, 3.05) is 0 Å². The standard InChI is InChI=1S/C5H8ClN3/c1-9-4(6)3-8-5(9)2-7/h3H,2,7H2,1H3. The highest BCUT2D eigenvalue weighted by Crippen LogP contribution is 2.07. The molecule has 0 spiro atoms. The van der Waals surface area contributed by atoms with E-state index < -0.39 is 0 Å². The normalized spacial score (nSPS) is 10.1. The van der Waals surface area contributed by atoms with E-state index in [4.69, 9.17) is 17.3 Å². The molecular formula is C5H8ClN3. The van der Waals surface area contributed by atoms with Crippen molar-refractivity contribution >= 4 is 11.6 Å². The molecule has 1 heterocycles. The summed E-state index contributed by atoms with van der Waals surface area (Å²) >= 11 is 5.65. The molecule has 4 heteroatoms. The second-order valence-electron chi connectivity index (χ2n) is 1.76. The summed E-state index contributed by atoms with van der Waals surface area (Å²) < 4.78 is 1.75. The maximum Gasteiger partial charge on any atom is 0.128 e. The number of hydrogen-bond acceptors (Lipinski definition) is 2. The molecule has 0 aromatic carbocycles. The van der Waals surface area contributed by atoms with Gasteiger partial charge in [0.25, 0.3) is 0 Å². The first kappa shape index (κ1) is 6.58. The Morgan fingerprint density at radius 3 is 2.78 bits per heavy atom. The van der Waals surface area contributed by atoms with Gasteiger partial charge in [-0.25, -0.2) is 4.98 Å². The highest BCUT2D eigenvalue weighted by Gasteiger charge is 1.99. The fourth-order valence-electron chi connectivity index (χ4n) is 0.614. The van der Waals surface area contributed by atoms with E-state index in [1.54, 1.807) is 10.8 Å². The van der Waals surface area contributed by atoms with E-state index in [1.165, 1.54) is 0 Å². The van der Waals surface area contributed by atoms with Crippen molar-refractivity contribution < 1.29 is 0 Å². The third-order valence-electron chi connectivity index (χ3n) is 1.21. The largest absolute Gasteiger partial charge is 0.324 e. The number of imidazole rings is 1. The van der Waals surface area contributed by atoms with E-state index in [0.717, 1.165) is 5.82 Å². The van der Waals surface area contributed by atoms with Gasteiger partial charge in [0.2, 0.25) is 0 Å². The molecule has 2 N–H and O–H groups in total. The molecule has 0 amide bonds. The zero-order chi connectivity index (χ0) is 6.85. The molecule has 0 aliphatic rings. The molecule has 9 heavy (non-hydrogen) atoms. The number of aromatic nitrogens is 2. The lowest BCUT2D eigenvalue weighted by Crippen LogP contribution is -2.04. The van der Waals surface area contributed by atoms with Crippen LogP contribution in [0.5, 0.6) is 0 Å². The van der Waals surface area contributed by atoms with Crippen LogP contribution < -0.4 is 5.73 Å². The van der Waals surface area contributed by atoms with Crippen molar-refractivity contribution in [2.45, 2.75) is 6.54 Å². The molecule has 0 aliphatic carbocycles. The number of nitrogens with two attached hydrogens (primary N) is 1. The first-order valence-electron chi connectivity index (χ1n) is 2.62. The third kappa shape index (κ3) is 1.06. The summed E-state index contributed by atoms with van der Waals surface area (Å²) in [6, 6.07) is 0. The van der Waals surface area contributed by atoms with Crippen LogP contribution >= 0.6 is 11.6 Å². The van der Waals surface area contributed by atoms with Gasteiger partial charge < -0.3 is 10.3 Å². The molecule has 1 aromatic heterocycles. The van der Waals surface area contributed by atoms with Gasteiger partial charge >= 0.3 is 0 Å². The van der Waals surface area contributed by atoms with Crippen LogP contribution in [0.2, 0.25) is 5.15 Å². The fraction of sp³-hybridized carbons (Fsp3) is 0.400. The minimum Gasteiger partial charge on any atom is -0.324 e. The van der Waals surface area contributed by atoms with Crippen molar-refractivity contribution in [1.82, 2.24) is 9.55 Å². The zero-order valence-electron chi connectivity index (χ0n) is 5.13. The number of hydrogen-bond donors (Lipinski definition) is 1. The zero-order valence-corrected chi connectivity index (χ0v) is 5.89. The Morgan fingerprint density at radius 2 is 2.56 bits per heavy atom. The lowest BCUT2D eigenvalue weighted by Gasteiger charge is -1.95. The smallest absolute Gasteiger partial charge is 0.128 e. The lowest BCUT2D eigenvalue weighted by atomic mass is 10.6. The molecule has 3 nitrogen and oxygen atoms in total. The molecule has 0 saturated heterocycles. The van der Waals surface area contributed by atoms with Crippen molar-refractivity contribution in [2.24, 2.45) is 12.8 Å². The quantitative estimate of drug-likeness (QED) is 0.627. The molecule has 0 radical (unpaired) electrons. The predicted molar refractivity (Wildman–Crippen MR) is 36.1 cm³/mol. The van der Waals surface area contributed by atoms with E-state index >= 15 is 0 Å². The summed E-state index contributed by atoms with van der Waals surface area (Å²) in [5.74, 6) is 0.806. The van der Waals surface area contributed by atoms with Crippen LogP contribution in [0.1, 0.15) is 5.82 Å². The fourth-order valence-corrected chi connectivity index (χ4v) is 0.760. The van der Waals surface area contributed by atoms with E-state index in [2.05, 4.69) is 4.98 Å². The highest BCUT2D eigenvalue weighted by molar-refractivity contribution is 6.29. The Kier molecular flexibility index (Phi) is 1.73.